The van der Waals surface area contributed by atoms with E-state index in [-0.39, 0.29) is 5.71 Å². The summed E-state index contributed by atoms with van der Waals surface area (Å²) in [4.78, 5) is 24.6. The van der Waals surface area contributed by atoms with Gasteiger partial charge in [0.25, 0.3) is 0 Å². The Morgan fingerprint density at radius 1 is 1.26 bits per heavy atom. The molecule has 3 aromatic rings. The maximum absolute atomic E-state index is 12.0. The van der Waals surface area contributed by atoms with Crippen molar-refractivity contribution in [1.82, 2.24) is 20.3 Å². The second-order valence-corrected chi connectivity index (χ2v) is 6.85. The van der Waals surface area contributed by atoms with Crippen LogP contribution in [0.25, 0.3) is 0 Å². The number of amides is 2. The number of nitrogen functional groups attached to an aromatic ring is 1. The number of thiazole rings is 1. The highest BCUT2D eigenvalue weighted by Gasteiger charge is 2.12. The number of urea groups is 1. The normalized spacial score (nSPS) is 10.4. The van der Waals surface area contributed by atoms with Gasteiger partial charge in [0.2, 0.25) is 0 Å². The van der Waals surface area contributed by atoms with Crippen LogP contribution < -0.4 is 16.4 Å². The lowest BCUT2D eigenvalue weighted by molar-refractivity contribution is 0.251. The van der Waals surface area contributed by atoms with Crippen molar-refractivity contribution < 1.29 is 4.79 Å². The highest BCUT2D eigenvalue weighted by molar-refractivity contribution is 7.09. The number of anilines is 2. The second-order valence-electron chi connectivity index (χ2n) is 5.91. The molecule has 5 N–H and O–H groups in total. The standard InChI is InChI=1S/C18H19N7OS/c1-10-5-12(3-4-21-10)17(20)13-7-22-15(6-14(13)19)25-18(26)23-8-16-24-11(2)9-27-16/h3-7,9,20H,8H2,1-2H3,(H4,19,22,23,25,26). The lowest BCUT2D eigenvalue weighted by Gasteiger charge is -2.11. The Bertz CT molecular complexity index is 999. The van der Waals surface area contributed by atoms with Crippen LogP contribution >= 0.6 is 11.3 Å². The summed E-state index contributed by atoms with van der Waals surface area (Å²) in [5, 5.41) is 16.4. The third-order valence-corrected chi connectivity index (χ3v) is 4.67. The monoisotopic (exact) mass is 381 g/mol. The van der Waals surface area contributed by atoms with Crippen LogP contribution in [0.5, 0.6) is 0 Å². The van der Waals surface area contributed by atoms with Crippen molar-refractivity contribution in [3.8, 4) is 0 Å². The molecule has 0 aliphatic carbocycles. The van der Waals surface area contributed by atoms with Crippen LogP contribution in [0.1, 0.15) is 27.5 Å². The largest absolute Gasteiger partial charge is 0.398 e. The molecule has 0 atom stereocenters. The summed E-state index contributed by atoms with van der Waals surface area (Å²) < 4.78 is 0. The van der Waals surface area contributed by atoms with Crippen molar-refractivity contribution in [3.63, 3.8) is 0 Å². The highest BCUT2D eigenvalue weighted by Crippen LogP contribution is 2.19. The first-order valence-electron chi connectivity index (χ1n) is 8.15. The van der Waals surface area contributed by atoms with Crippen LogP contribution in [-0.4, -0.2) is 26.7 Å². The van der Waals surface area contributed by atoms with Crippen molar-refractivity contribution in [1.29, 1.82) is 5.41 Å². The fourth-order valence-corrected chi connectivity index (χ4v) is 3.12. The van der Waals surface area contributed by atoms with Crippen molar-refractivity contribution in [2.24, 2.45) is 0 Å². The summed E-state index contributed by atoms with van der Waals surface area (Å²) in [6.45, 7) is 4.10. The van der Waals surface area contributed by atoms with Gasteiger partial charge in [0.1, 0.15) is 10.8 Å². The van der Waals surface area contributed by atoms with Gasteiger partial charge in [0, 0.05) is 52.0 Å². The van der Waals surface area contributed by atoms with E-state index in [0.29, 0.717) is 29.2 Å². The van der Waals surface area contributed by atoms with Gasteiger partial charge >= 0.3 is 6.03 Å². The zero-order chi connectivity index (χ0) is 19.4. The fraction of sp³-hybridized carbons (Fsp3) is 0.167. The van der Waals surface area contributed by atoms with Gasteiger partial charge in [-0.2, -0.15) is 0 Å². The van der Waals surface area contributed by atoms with Crippen molar-refractivity contribution >= 4 is 34.6 Å². The number of rotatable bonds is 5. The molecule has 27 heavy (non-hydrogen) atoms. The molecule has 0 unspecified atom stereocenters. The molecule has 0 bridgehead atoms. The van der Waals surface area contributed by atoms with Crippen LogP contribution in [-0.2, 0) is 6.54 Å². The summed E-state index contributed by atoms with van der Waals surface area (Å²) in [7, 11) is 0. The maximum Gasteiger partial charge on any atom is 0.320 e. The van der Waals surface area contributed by atoms with E-state index in [2.05, 4.69) is 25.6 Å². The summed E-state index contributed by atoms with van der Waals surface area (Å²) in [6, 6.07) is 4.68. The molecule has 0 aromatic carbocycles. The van der Waals surface area contributed by atoms with Gasteiger partial charge < -0.3 is 11.1 Å². The third-order valence-electron chi connectivity index (χ3n) is 3.70. The van der Waals surface area contributed by atoms with Gasteiger partial charge in [0.05, 0.1) is 12.3 Å². The molecule has 0 aliphatic rings. The number of hydrogen-bond donors (Lipinski definition) is 4. The molecule has 3 aromatic heterocycles. The van der Waals surface area contributed by atoms with Gasteiger partial charge in [-0.05, 0) is 26.0 Å². The highest BCUT2D eigenvalue weighted by atomic mass is 32.1. The van der Waals surface area contributed by atoms with Crippen molar-refractivity contribution in [2.75, 3.05) is 11.1 Å². The first-order valence-corrected chi connectivity index (χ1v) is 9.03. The van der Waals surface area contributed by atoms with Gasteiger partial charge in [-0.15, -0.1) is 11.3 Å². The number of aryl methyl sites for hydroxylation is 2. The first kappa shape index (κ1) is 18.5. The van der Waals surface area contributed by atoms with E-state index < -0.39 is 6.03 Å². The SMILES string of the molecule is Cc1cc(C(=N)c2cnc(NC(=O)NCc3nc(C)cs3)cc2N)ccn1. The fourth-order valence-electron chi connectivity index (χ4n) is 2.41. The Morgan fingerprint density at radius 2 is 2.07 bits per heavy atom. The molecule has 138 valence electrons. The van der Waals surface area contributed by atoms with E-state index in [1.165, 1.54) is 23.6 Å². The molecule has 3 heterocycles. The molecular weight excluding hydrogens is 362 g/mol. The topological polar surface area (TPSA) is 130 Å². The Morgan fingerprint density at radius 3 is 2.74 bits per heavy atom. The minimum absolute atomic E-state index is 0.251. The Hall–Kier alpha value is -3.33. The summed E-state index contributed by atoms with van der Waals surface area (Å²) in [6.07, 6.45) is 3.13. The van der Waals surface area contributed by atoms with Crippen LogP contribution in [0.3, 0.4) is 0 Å². The number of carbonyl (C=O) groups is 1. The minimum Gasteiger partial charge on any atom is -0.398 e. The van der Waals surface area contributed by atoms with E-state index in [1.54, 1.807) is 12.3 Å². The zero-order valence-electron chi connectivity index (χ0n) is 14.9. The quantitative estimate of drug-likeness (QED) is 0.505. The lowest BCUT2D eigenvalue weighted by Crippen LogP contribution is -2.28. The molecule has 0 saturated carbocycles. The maximum atomic E-state index is 12.0. The molecule has 0 spiro atoms. The molecular formula is C18H19N7OS. The number of pyridine rings is 2. The van der Waals surface area contributed by atoms with E-state index in [1.807, 2.05) is 25.3 Å². The molecule has 0 aliphatic heterocycles. The zero-order valence-corrected chi connectivity index (χ0v) is 15.7. The molecule has 0 radical (unpaired) electrons. The molecule has 8 nitrogen and oxygen atoms in total. The number of nitrogens with one attached hydrogen (secondary N) is 3. The predicted octanol–water partition coefficient (Wildman–Crippen LogP) is 2.87. The van der Waals surface area contributed by atoms with E-state index >= 15 is 0 Å². The molecule has 0 fully saturated rings. The number of carbonyl (C=O) groups excluding carboxylic acids is 1. The van der Waals surface area contributed by atoms with E-state index in [9.17, 15) is 4.79 Å². The number of nitrogens with zero attached hydrogens (tertiary/aromatic N) is 3. The first-order chi connectivity index (χ1) is 12.9. The van der Waals surface area contributed by atoms with Crippen molar-refractivity contribution in [3.05, 3.63) is 63.5 Å². The molecule has 3 rings (SSSR count). The van der Waals surface area contributed by atoms with Gasteiger partial charge in [0.15, 0.2) is 0 Å². The number of hydrogen-bond acceptors (Lipinski definition) is 7. The number of nitrogens with two attached hydrogens (primary N) is 1. The summed E-state index contributed by atoms with van der Waals surface area (Å²) >= 11 is 1.49. The average molecular weight is 381 g/mol. The second kappa shape index (κ2) is 7.92. The van der Waals surface area contributed by atoms with Gasteiger partial charge in [-0.25, -0.2) is 14.8 Å². The lowest BCUT2D eigenvalue weighted by atomic mass is 10.0. The molecule has 9 heteroatoms. The summed E-state index contributed by atoms with van der Waals surface area (Å²) in [5.41, 5.74) is 9.60. The average Bonchev–Trinajstić information content (AvgIpc) is 3.05. The van der Waals surface area contributed by atoms with Gasteiger partial charge in [-0.3, -0.25) is 15.7 Å². The van der Waals surface area contributed by atoms with Gasteiger partial charge in [-0.1, -0.05) is 0 Å². The van der Waals surface area contributed by atoms with Crippen LogP contribution in [0.2, 0.25) is 0 Å². The van der Waals surface area contributed by atoms with E-state index in [0.717, 1.165) is 16.4 Å². The van der Waals surface area contributed by atoms with Crippen molar-refractivity contribution in [2.45, 2.75) is 20.4 Å². The predicted molar refractivity (Wildman–Crippen MR) is 106 cm³/mol. The molecule has 2 amide bonds. The van der Waals surface area contributed by atoms with Crippen LogP contribution in [0, 0.1) is 19.3 Å². The number of aromatic nitrogens is 3. The van der Waals surface area contributed by atoms with Crippen LogP contribution in [0.4, 0.5) is 16.3 Å². The third kappa shape index (κ3) is 4.64. The Balaban J connectivity index is 1.65. The summed E-state index contributed by atoms with van der Waals surface area (Å²) in [5.74, 6) is 0.308. The Labute approximate surface area is 160 Å². The van der Waals surface area contributed by atoms with Crippen LogP contribution in [0.15, 0.2) is 36.0 Å². The smallest absolute Gasteiger partial charge is 0.320 e. The Kier molecular flexibility index (Phi) is 5.41. The van der Waals surface area contributed by atoms with E-state index in [4.69, 9.17) is 11.1 Å². The molecule has 0 saturated heterocycles. The minimum atomic E-state index is -0.401.